The maximum Gasteiger partial charge on any atom is 0.0207 e. The van der Waals surface area contributed by atoms with Gasteiger partial charge in [-0.3, -0.25) is 0 Å². The van der Waals surface area contributed by atoms with Crippen LogP contribution in [0, 0.1) is 11.3 Å². The molecule has 2 rings (SSSR count). The molecule has 1 fully saturated rings. The molecule has 0 heterocycles. The molecule has 0 radical (unpaired) electrons. The molecule has 100 valence electrons. The minimum Gasteiger partial charge on any atom is -0.331 e. The van der Waals surface area contributed by atoms with Gasteiger partial charge < -0.3 is 5.73 Å². The molecular formula is C17H27N. The van der Waals surface area contributed by atoms with Crippen LogP contribution in [0.25, 0.3) is 0 Å². The minimum absolute atomic E-state index is 0. The Morgan fingerprint density at radius 1 is 1.56 bits per heavy atom. The summed E-state index contributed by atoms with van der Waals surface area (Å²) < 4.78 is 0. The lowest BCUT2D eigenvalue weighted by atomic mass is 9.86. The van der Waals surface area contributed by atoms with Crippen molar-refractivity contribution < 1.29 is 1.43 Å². The molecule has 2 N–H and O–H groups in total. The fourth-order valence-corrected chi connectivity index (χ4v) is 2.45. The Morgan fingerprint density at radius 2 is 2.22 bits per heavy atom. The first-order chi connectivity index (χ1) is 8.62. The molecule has 0 saturated heterocycles. The molecule has 1 saturated carbocycles. The maximum atomic E-state index is 4.85. The monoisotopic (exact) mass is 245 g/mol. The standard InChI is InChI=1S/C15H18.C2H7N.H2/c1-4-5-9-14(12(2)3)15-10-7-6-8-13(15)11-15;1-2-3;/h4-10,13H,2,11H2,1,3H3;2-3H2,1H3;1H/b5-4-,14-9+;;. The van der Waals surface area contributed by atoms with Crippen molar-refractivity contribution >= 4 is 0 Å². The molecule has 2 unspecified atom stereocenters. The summed E-state index contributed by atoms with van der Waals surface area (Å²) in [7, 11) is 0. The molecule has 18 heavy (non-hydrogen) atoms. The zero-order chi connectivity index (χ0) is 13.6. The number of nitrogens with two attached hydrogens (primary N) is 1. The second-order valence-corrected chi connectivity index (χ2v) is 4.89. The molecule has 0 aromatic heterocycles. The quantitative estimate of drug-likeness (QED) is 0.732. The number of allylic oxidation sites excluding steroid dienone is 9. The lowest BCUT2D eigenvalue weighted by molar-refractivity contribution is 0.733. The summed E-state index contributed by atoms with van der Waals surface area (Å²) in [6.45, 7) is 10.9. The first kappa shape index (κ1) is 14.7. The van der Waals surface area contributed by atoms with E-state index in [1.165, 1.54) is 17.6 Å². The largest absolute Gasteiger partial charge is 0.331 e. The van der Waals surface area contributed by atoms with Crippen molar-refractivity contribution in [2.45, 2.75) is 27.2 Å². The van der Waals surface area contributed by atoms with Crippen LogP contribution in [0.3, 0.4) is 0 Å². The van der Waals surface area contributed by atoms with Crippen molar-refractivity contribution in [1.29, 1.82) is 0 Å². The summed E-state index contributed by atoms with van der Waals surface area (Å²) in [4.78, 5) is 0. The predicted molar refractivity (Wildman–Crippen MR) is 83.4 cm³/mol. The van der Waals surface area contributed by atoms with Crippen molar-refractivity contribution in [3.8, 4) is 0 Å². The normalized spacial score (nSPS) is 28.7. The molecule has 0 bridgehead atoms. The highest BCUT2D eigenvalue weighted by molar-refractivity contribution is 5.49. The van der Waals surface area contributed by atoms with E-state index in [0.717, 1.165) is 6.54 Å². The zero-order valence-electron chi connectivity index (χ0n) is 11.8. The highest BCUT2D eigenvalue weighted by atomic mass is 14.6. The lowest BCUT2D eigenvalue weighted by Gasteiger charge is -2.18. The number of hydrogen-bond donors (Lipinski definition) is 1. The molecule has 0 aromatic rings. The van der Waals surface area contributed by atoms with E-state index in [-0.39, 0.29) is 6.84 Å². The van der Waals surface area contributed by atoms with Crippen LogP contribution >= 0.6 is 0 Å². The average molecular weight is 245 g/mol. The molecule has 2 atom stereocenters. The topological polar surface area (TPSA) is 26.0 Å². The van der Waals surface area contributed by atoms with Gasteiger partial charge in [0.2, 0.25) is 0 Å². The molecule has 0 amide bonds. The second-order valence-electron chi connectivity index (χ2n) is 4.89. The van der Waals surface area contributed by atoms with E-state index in [1.54, 1.807) is 0 Å². The summed E-state index contributed by atoms with van der Waals surface area (Å²) in [6, 6.07) is 0. The van der Waals surface area contributed by atoms with E-state index in [9.17, 15) is 0 Å². The van der Waals surface area contributed by atoms with Crippen LogP contribution in [-0.4, -0.2) is 6.54 Å². The van der Waals surface area contributed by atoms with Crippen LogP contribution in [0.4, 0.5) is 0 Å². The predicted octanol–water partition coefficient (Wildman–Crippen LogP) is 4.41. The van der Waals surface area contributed by atoms with Crippen molar-refractivity contribution in [2.24, 2.45) is 17.1 Å². The average Bonchev–Trinajstić information content (AvgIpc) is 3.05. The fraction of sp³-hybridized carbons (Fsp3) is 0.412. The summed E-state index contributed by atoms with van der Waals surface area (Å²) in [6.07, 6.45) is 16.6. The Labute approximate surface area is 113 Å². The molecule has 0 spiro atoms. The van der Waals surface area contributed by atoms with Crippen molar-refractivity contribution in [2.75, 3.05) is 6.54 Å². The molecule has 0 aromatic carbocycles. The van der Waals surface area contributed by atoms with Gasteiger partial charge in [0.05, 0.1) is 0 Å². The maximum absolute atomic E-state index is 4.85. The molecular weight excluding hydrogens is 218 g/mol. The molecule has 0 aliphatic heterocycles. The van der Waals surface area contributed by atoms with Crippen LogP contribution < -0.4 is 5.73 Å². The summed E-state index contributed by atoms with van der Waals surface area (Å²) in [5.74, 6) is 0.704. The molecule has 1 nitrogen and oxygen atoms in total. The summed E-state index contributed by atoms with van der Waals surface area (Å²) in [5.41, 5.74) is 7.71. The van der Waals surface area contributed by atoms with E-state index >= 15 is 0 Å². The Morgan fingerprint density at radius 3 is 2.72 bits per heavy atom. The number of hydrogen-bond acceptors (Lipinski definition) is 1. The molecule has 2 aliphatic carbocycles. The third-order valence-electron chi connectivity index (χ3n) is 3.32. The van der Waals surface area contributed by atoms with Gasteiger partial charge in [0.1, 0.15) is 0 Å². The Bertz CT molecular complexity index is 415. The number of fused-ring (bicyclic) bond motifs is 1. The molecule has 1 heteroatoms. The third kappa shape index (κ3) is 3.11. The Kier molecular flexibility index (Phi) is 5.36. The van der Waals surface area contributed by atoms with Gasteiger partial charge in [-0.2, -0.15) is 0 Å². The molecule has 2 aliphatic rings. The van der Waals surface area contributed by atoms with Crippen LogP contribution in [0.5, 0.6) is 0 Å². The van der Waals surface area contributed by atoms with E-state index in [4.69, 9.17) is 5.73 Å². The smallest absolute Gasteiger partial charge is 0.0207 e. The van der Waals surface area contributed by atoms with Crippen LogP contribution in [0.1, 0.15) is 28.6 Å². The van der Waals surface area contributed by atoms with Gasteiger partial charge in [-0.05, 0) is 38.3 Å². The van der Waals surface area contributed by atoms with E-state index in [0.29, 0.717) is 5.92 Å². The van der Waals surface area contributed by atoms with Crippen LogP contribution in [0.2, 0.25) is 0 Å². The second kappa shape index (κ2) is 6.55. The van der Waals surface area contributed by atoms with E-state index in [1.807, 2.05) is 13.8 Å². The lowest BCUT2D eigenvalue weighted by Crippen LogP contribution is -2.06. The van der Waals surface area contributed by atoms with Crippen molar-refractivity contribution in [3.63, 3.8) is 0 Å². The van der Waals surface area contributed by atoms with Gasteiger partial charge in [-0.15, -0.1) is 0 Å². The van der Waals surface area contributed by atoms with Gasteiger partial charge in [0.15, 0.2) is 0 Å². The third-order valence-corrected chi connectivity index (χ3v) is 3.32. The highest BCUT2D eigenvalue weighted by Crippen LogP contribution is 2.62. The van der Waals surface area contributed by atoms with Gasteiger partial charge in [0, 0.05) is 6.84 Å². The minimum atomic E-state index is 0. The summed E-state index contributed by atoms with van der Waals surface area (Å²) in [5, 5.41) is 0. The number of rotatable bonds is 3. The SMILES string of the molecule is C=C(C)/C(=C\C=C/C)C12C=CC=CC1C2.CCN.[HH]. The van der Waals surface area contributed by atoms with E-state index in [2.05, 4.69) is 56.0 Å². The van der Waals surface area contributed by atoms with Gasteiger partial charge in [0.25, 0.3) is 0 Å². The van der Waals surface area contributed by atoms with Gasteiger partial charge in [-0.1, -0.05) is 61.6 Å². The van der Waals surface area contributed by atoms with Crippen molar-refractivity contribution in [1.82, 2.24) is 0 Å². The van der Waals surface area contributed by atoms with Gasteiger partial charge in [-0.25, -0.2) is 0 Å². The van der Waals surface area contributed by atoms with E-state index < -0.39 is 0 Å². The van der Waals surface area contributed by atoms with Crippen LogP contribution in [0.15, 0.2) is 60.3 Å². The van der Waals surface area contributed by atoms with Crippen LogP contribution in [-0.2, 0) is 0 Å². The zero-order valence-corrected chi connectivity index (χ0v) is 11.8. The Hall–Kier alpha value is -1.34. The highest BCUT2D eigenvalue weighted by Gasteiger charge is 2.53. The summed E-state index contributed by atoms with van der Waals surface area (Å²) >= 11 is 0. The first-order valence-corrected chi connectivity index (χ1v) is 6.67. The van der Waals surface area contributed by atoms with Gasteiger partial charge >= 0.3 is 0 Å². The van der Waals surface area contributed by atoms with Crippen molar-refractivity contribution in [3.05, 3.63) is 60.3 Å². The Balaban J connectivity index is 0.000000742. The fourth-order valence-electron chi connectivity index (χ4n) is 2.45. The first-order valence-electron chi connectivity index (χ1n) is 6.67.